The van der Waals surface area contributed by atoms with Crippen LogP contribution in [0.25, 0.3) is 0 Å². The molecule has 1 amide bonds. The first-order chi connectivity index (χ1) is 10.3. The molecule has 0 radical (unpaired) electrons. The van der Waals surface area contributed by atoms with Gasteiger partial charge >= 0.3 is 0 Å². The molecule has 4 nitrogen and oxygen atoms in total. The number of hydrogen-bond acceptors (Lipinski definition) is 3. The lowest BCUT2D eigenvalue weighted by molar-refractivity contribution is -0.131. The fourth-order valence-electron chi connectivity index (χ4n) is 2.82. The van der Waals surface area contributed by atoms with Gasteiger partial charge in [-0.05, 0) is 50.8 Å². The van der Waals surface area contributed by atoms with E-state index in [-0.39, 0.29) is 11.9 Å². The lowest BCUT2D eigenvalue weighted by atomic mass is 10.0. The highest BCUT2D eigenvalue weighted by molar-refractivity contribution is 7.92. The smallest absolute Gasteiger partial charge is 0.238 e. The third-order valence-corrected chi connectivity index (χ3v) is 6.30. The fraction of sp³-hybridized carbons (Fsp3) is 0.562. The molecule has 0 bridgehead atoms. The molecule has 2 rings (SSSR count). The number of likely N-dealkylation sites (tertiary alicyclic amines) is 1. The topological polar surface area (TPSA) is 54.5 Å². The van der Waals surface area contributed by atoms with Crippen LogP contribution in [0, 0.1) is 5.82 Å². The first kappa shape index (κ1) is 16.9. The molecule has 1 aromatic rings. The summed E-state index contributed by atoms with van der Waals surface area (Å²) in [5, 5.41) is -0.896. The van der Waals surface area contributed by atoms with Crippen LogP contribution in [0.4, 0.5) is 4.39 Å². The minimum Gasteiger partial charge on any atom is -0.339 e. The van der Waals surface area contributed by atoms with Gasteiger partial charge in [-0.25, -0.2) is 12.8 Å². The van der Waals surface area contributed by atoms with Gasteiger partial charge in [0.1, 0.15) is 11.6 Å². The molecule has 0 saturated carbocycles. The first-order valence-electron chi connectivity index (χ1n) is 7.58. The van der Waals surface area contributed by atoms with Crippen molar-refractivity contribution in [2.75, 3.05) is 12.3 Å². The maximum Gasteiger partial charge on any atom is 0.238 e. The predicted molar refractivity (Wildman–Crippen MR) is 83.6 cm³/mol. The van der Waals surface area contributed by atoms with E-state index < -0.39 is 26.7 Å². The quantitative estimate of drug-likeness (QED) is 0.854. The Hall–Kier alpha value is -1.43. The summed E-state index contributed by atoms with van der Waals surface area (Å²) in [6.07, 6.45) is 2.89. The summed E-state index contributed by atoms with van der Waals surface area (Å²) in [7, 11) is -3.66. The van der Waals surface area contributed by atoms with Gasteiger partial charge in [0.25, 0.3) is 0 Å². The van der Waals surface area contributed by atoms with Gasteiger partial charge in [0.15, 0.2) is 9.84 Å². The highest BCUT2D eigenvalue weighted by Crippen LogP contribution is 2.24. The number of halogens is 1. The summed E-state index contributed by atoms with van der Waals surface area (Å²) in [4.78, 5) is 14.0. The molecule has 0 aliphatic carbocycles. The second-order valence-electron chi connectivity index (χ2n) is 5.94. The van der Waals surface area contributed by atoms with E-state index in [1.807, 2.05) is 6.92 Å². The zero-order valence-corrected chi connectivity index (χ0v) is 13.8. The first-order valence-corrected chi connectivity index (χ1v) is 9.29. The molecule has 1 aromatic carbocycles. The number of benzene rings is 1. The van der Waals surface area contributed by atoms with Gasteiger partial charge < -0.3 is 4.90 Å². The average molecular weight is 327 g/mol. The minimum absolute atomic E-state index is 0.0842. The second-order valence-corrected chi connectivity index (χ2v) is 8.26. The van der Waals surface area contributed by atoms with E-state index >= 15 is 0 Å². The average Bonchev–Trinajstić information content (AvgIpc) is 2.46. The molecule has 22 heavy (non-hydrogen) atoms. The molecule has 1 fully saturated rings. The van der Waals surface area contributed by atoms with Crippen molar-refractivity contribution in [3.8, 4) is 0 Å². The number of carbonyl (C=O) groups is 1. The molecular formula is C16H22FNO3S. The van der Waals surface area contributed by atoms with Crippen molar-refractivity contribution < 1.29 is 17.6 Å². The van der Waals surface area contributed by atoms with Crippen molar-refractivity contribution in [1.82, 2.24) is 4.90 Å². The Balaban J connectivity index is 2.11. The van der Waals surface area contributed by atoms with Gasteiger partial charge in [0.2, 0.25) is 5.91 Å². The van der Waals surface area contributed by atoms with Crippen LogP contribution in [0.2, 0.25) is 0 Å². The zero-order valence-electron chi connectivity index (χ0n) is 13.0. The van der Waals surface area contributed by atoms with Crippen LogP contribution >= 0.6 is 0 Å². The molecule has 0 N–H and O–H groups in total. The molecule has 0 aromatic heterocycles. The molecule has 122 valence electrons. The third kappa shape index (κ3) is 3.85. The Morgan fingerprint density at radius 1 is 1.41 bits per heavy atom. The summed E-state index contributed by atoms with van der Waals surface area (Å²) in [6.45, 7) is 4.06. The number of hydrogen-bond donors (Lipinski definition) is 0. The van der Waals surface area contributed by atoms with Gasteiger partial charge in [0.05, 0.1) is 5.25 Å². The van der Waals surface area contributed by atoms with Gasteiger partial charge in [-0.3, -0.25) is 4.79 Å². The van der Waals surface area contributed by atoms with Crippen molar-refractivity contribution in [3.05, 3.63) is 35.6 Å². The number of piperidine rings is 1. The fourth-order valence-corrected chi connectivity index (χ4v) is 4.14. The van der Waals surface area contributed by atoms with Gasteiger partial charge in [-0.15, -0.1) is 0 Å². The van der Waals surface area contributed by atoms with Gasteiger partial charge in [-0.1, -0.05) is 12.1 Å². The molecule has 0 unspecified atom stereocenters. The third-order valence-electron chi connectivity index (χ3n) is 4.30. The lowest BCUT2D eigenvalue weighted by Gasteiger charge is -2.33. The highest BCUT2D eigenvalue weighted by atomic mass is 32.2. The number of amides is 1. The lowest BCUT2D eigenvalue weighted by Crippen LogP contribution is -2.45. The van der Waals surface area contributed by atoms with Crippen LogP contribution in [0.1, 0.15) is 43.9 Å². The Morgan fingerprint density at radius 2 is 2.14 bits per heavy atom. The Labute approximate surface area is 131 Å². The van der Waals surface area contributed by atoms with Gasteiger partial charge in [0, 0.05) is 12.6 Å². The van der Waals surface area contributed by atoms with Crippen molar-refractivity contribution in [2.24, 2.45) is 0 Å². The Bertz CT molecular complexity index is 645. The van der Waals surface area contributed by atoms with Crippen molar-refractivity contribution >= 4 is 15.7 Å². The SMILES string of the molecule is C[C@H]1CCCCN1C(=O)CS(=O)(=O)[C@@H](C)c1cccc(F)c1. The Morgan fingerprint density at radius 3 is 2.77 bits per heavy atom. The van der Waals surface area contributed by atoms with E-state index in [0.717, 1.165) is 19.3 Å². The highest BCUT2D eigenvalue weighted by Gasteiger charge is 2.31. The van der Waals surface area contributed by atoms with Crippen LogP contribution < -0.4 is 0 Å². The number of sulfone groups is 1. The molecule has 1 aliphatic heterocycles. The van der Waals surface area contributed by atoms with Crippen LogP contribution in [-0.4, -0.2) is 37.6 Å². The van der Waals surface area contributed by atoms with E-state index in [1.54, 1.807) is 11.0 Å². The van der Waals surface area contributed by atoms with Crippen LogP contribution in [0.15, 0.2) is 24.3 Å². The van der Waals surface area contributed by atoms with E-state index in [0.29, 0.717) is 12.1 Å². The predicted octanol–water partition coefficient (Wildman–Crippen LogP) is 2.70. The maximum atomic E-state index is 13.3. The second kappa shape index (κ2) is 6.77. The zero-order chi connectivity index (χ0) is 16.3. The van der Waals surface area contributed by atoms with Crippen LogP contribution in [-0.2, 0) is 14.6 Å². The number of carbonyl (C=O) groups excluding carboxylic acids is 1. The van der Waals surface area contributed by atoms with E-state index in [4.69, 9.17) is 0 Å². The number of nitrogens with zero attached hydrogens (tertiary/aromatic N) is 1. The van der Waals surface area contributed by atoms with Crippen LogP contribution in [0.3, 0.4) is 0 Å². The number of rotatable bonds is 4. The van der Waals surface area contributed by atoms with Crippen molar-refractivity contribution in [3.63, 3.8) is 0 Å². The molecule has 1 saturated heterocycles. The maximum absolute atomic E-state index is 13.3. The molecular weight excluding hydrogens is 305 g/mol. The standard InChI is InChI=1S/C16H22FNO3S/c1-12-6-3-4-9-18(12)16(19)11-22(20,21)13(2)14-7-5-8-15(17)10-14/h5,7-8,10,12-13H,3-4,6,9,11H2,1-2H3/t12-,13-/m0/s1. The summed E-state index contributed by atoms with van der Waals surface area (Å²) in [5.74, 6) is -1.35. The molecule has 1 heterocycles. The summed E-state index contributed by atoms with van der Waals surface area (Å²) >= 11 is 0. The largest absolute Gasteiger partial charge is 0.339 e. The molecule has 0 spiro atoms. The summed E-state index contributed by atoms with van der Waals surface area (Å²) in [6, 6.07) is 5.60. The van der Waals surface area contributed by atoms with E-state index in [9.17, 15) is 17.6 Å². The summed E-state index contributed by atoms with van der Waals surface area (Å²) < 4.78 is 38.1. The van der Waals surface area contributed by atoms with Crippen molar-refractivity contribution in [1.29, 1.82) is 0 Å². The molecule has 2 atom stereocenters. The van der Waals surface area contributed by atoms with E-state index in [1.165, 1.54) is 25.1 Å². The summed E-state index contributed by atoms with van der Waals surface area (Å²) in [5.41, 5.74) is 0.375. The monoisotopic (exact) mass is 327 g/mol. The molecule has 6 heteroatoms. The molecule has 1 aliphatic rings. The normalized spacial score (nSPS) is 20.7. The van der Waals surface area contributed by atoms with Crippen molar-refractivity contribution in [2.45, 2.75) is 44.4 Å². The van der Waals surface area contributed by atoms with Crippen LogP contribution in [0.5, 0.6) is 0 Å². The minimum atomic E-state index is -3.66. The van der Waals surface area contributed by atoms with Gasteiger partial charge in [-0.2, -0.15) is 0 Å². The Kier molecular flexibility index (Phi) is 5.21. The van der Waals surface area contributed by atoms with E-state index in [2.05, 4.69) is 0 Å².